The molecule has 0 aliphatic rings. The van der Waals surface area contributed by atoms with Gasteiger partial charge in [0.1, 0.15) is 5.75 Å². The van der Waals surface area contributed by atoms with Crippen LogP contribution in [0.4, 0.5) is 0 Å². The summed E-state index contributed by atoms with van der Waals surface area (Å²) in [5, 5.41) is 0. The quantitative estimate of drug-likeness (QED) is 0.740. The first-order chi connectivity index (χ1) is 9.53. The monoisotopic (exact) mass is 331 g/mol. The predicted molar refractivity (Wildman–Crippen MR) is 80.7 cm³/mol. The molecule has 0 aliphatic carbocycles. The maximum absolute atomic E-state index is 5.62. The highest BCUT2D eigenvalue weighted by molar-refractivity contribution is 6.67. The first kappa shape index (κ1) is 15.4. The fourth-order valence-corrected chi connectivity index (χ4v) is 1.71. The van der Waals surface area contributed by atoms with E-state index in [1.807, 2.05) is 42.5 Å². The predicted octanol–water partition coefficient (Wildman–Crippen LogP) is 4.76. The molecule has 2 aromatic rings. The molecule has 0 saturated carbocycles. The van der Waals surface area contributed by atoms with Gasteiger partial charge in [-0.3, -0.25) is 0 Å². The maximum atomic E-state index is 5.62. The molecule has 0 radical (unpaired) electrons. The van der Waals surface area contributed by atoms with Crippen molar-refractivity contribution in [2.45, 2.75) is 10.4 Å². The lowest BCUT2D eigenvalue weighted by Crippen LogP contribution is -2.13. The van der Waals surface area contributed by atoms with E-state index in [2.05, 4.69) is 4.98 Å². The van der Waals surface area contributed by atoms with Gasteiger partial charge in [0.25, 0.3) is 0 Å². The number of hydrogen-bond acceptors (Lipinski definition) is 3. The highest BCUT2D eigenvalue weighted by Gasteiger charge is 2.19. The summed E-state index contributed by atoms with van der Waals surface area (Å²) in [6, 6.07) is 14.8. The topological polar surface area (TPSA) is 31.4 Å². The van der Waals surface area contributed by atoms with Crippen LogP contribution in [0.3, 0.4) is 0 Å². The highest BCUT2D eigenvalue weighted by Crippen LogP contribution is 2.26. The smallest absolute Gasteiger partial charge is 0.219 e. The standard InChI is InChI=1S/C14H12Cl3NO2/c15-14(16,17)10-19-9-11-5-4-8-13(18-11)20-12-6-2-1-3-7-12/h1-8H,9-10H2. The molecular formula is C14H12Cl3NO2. The molecule has 0 amide bonds. The minimum Gasteiger partial charge on any atom is -0.439 e. The number of para-hydroxylation sites is 1. The van der Waals surface area contributed by atoms with Crippen LogP contribution in [0, 0.1) is 0 Å². The van der Waals surface area contributed by atoms with E-state index >= 15 is 0 Å². The molecule has 1 aromatic carbocycles. The first-order valence-electron chi connectivity index (χ1n) is 5.86. The van der Waals surface area contributed by atoms with Gasteiger partial charge in [-0.25, -0.2) is 4.98 Å². The van der Waals surface area contributed by atoms with Crippen LogP contribution < -0.4 is 4.74 Å². The Bertz CT molecular complexity index is 544. The Labute approximate surface area is 132 Å². The van der Waals surface area contributed by atoms with Crippen molar-refractivity contribution in [3.63, 3.8) is 0 Å². The van der Waals surface area contributed by atoms with E-state index < -0.39 is 3.79 Å². The van der Waals surface area contributed by atoms with E-state index in [0.717, 1.165) is 5.75 Å². The zero-order valence-corrected chi connectivity index (χ0v) is 12.7. The van der Waals surface area contributed by atoms with E-state index in [1.165, 1.54) is 0 Å². The molecule has 0 N–H and O–H groups in total. The van der Waals surface area contributed by atoms with E-state index in [1.54, 1.807) is 6.07 Å². The van der Waals surface area contributed by atoms with Gasteiger partial charge in [0.15, 0.2) is 0 Å². The van der Waals surface area contributed by atoms with Gasteiger partial charge >= 0.3 is 0 Å². The molecule has 106 valence electrons. The number of rotatable bonds is 5. The van der Waals surface area contributed by atoms with Gasteiger partial charge in [-0.15, -0.1) is 0 Å². The lowest BCUT2D eigenvalue weighted by atomic mass is 10.3. The number of aromatic nitrogens is 1. The number of nitrogens with zero attached hydrogens (tertiary/aromatic N) is 1. The largest absolute Gasteiger partial charge is 0.439 e. The van der Waals surface area contributed by atoms with Crippen molar-refractivity contribution in [1.82, 2.24) is 4.98 Å². The molecule has 0 atom stereocenters. The van der Waals surface area contributed by atoms with Crippen molar-refractivity contribution in [2.75, 3.05) is 6.61 Å². The zero-order valence-electron chi connectivity index (χ0n) is 10.4. The molecule has 3 nitrogen and oxygen atoms in total. The second kappa shape index (κ2) is 7.14. The van der Waals surface area contributed by atoms with Gasteiger partial charge in [-0.1, -0.05) is 59.1 Å². The number of halogens is 3. The second-order valence-corrected chi connectivity index (χ2v) is 6.51. The SMILES string of the molecule is ClC(Cl)(Cl)COCc1cccc(Oc2ccccc2)n1. The average Bonchev–Trinajstić information content (AvgIpc) is 2.39. The van der Waals surface area contributed by atoms with Crippen molar-refractivity contribution in [3.05, 3.63) is 54.2 Å². The molecule has 0 fully saturated rings. The fourth-order valence-electron chi connectivity index (χ4n) is 1.48. The fraction of sp³-hybridized carbons (Fsp3) is 0.214. The van der Waals surface area contributed by atoms with E-state index in [-0.39, 0.29) is 13.2 Å². The van der Waals surface area contributed by atoms with E-state index in [0.29, 0.717) is 11.6 Å². The maximum Gasteiger partial charge on any atom is 0.219 e. The third-order valence-corrected chi connectivity index (χ3v) is 2.59. The molecule has 2 rings (SSSR count). The number of benzene rings is 1. The Hall–Kier alpha value is -1.00. The normalized spacial score (nSPS) is 11.3. The van der Waals surface area contributed by atoms with Crippen LogP contribution in [0.1, 0.15) is 5.69 Å². The molecule has 6 heteroatoms. The lowest BCUT2D eigenvalue weighted by molar-refractivity contribution is 0.123. The molecule has 20 heavy (non-hydrogen) atoms. The molecule has 0 aliphatic heterocycles. The minimum atomic E-state index is -1.42. The Balaban J connectivity index is 1.94. The number of ether oxygens (including phenoxy) is 2. The van der Waals surface area contributed by atoms with Crippen molar-refractivity contribution in [3.8, 4) is 11.6 Å². The second-order valence-electron chi connectivity index (χ2n) is 3.99. The van der Waals surface area contributed by atoms with Crippen molar-refractivity contribution in [2.24, 2.45) is 0 Å². The Morgan fingerprint density at radius 2 is 1.70 bits per heavy atom. The summed E-state index contributed by atoms with van der Waals surface area (Å²) in [5.74, 6) is 1.21. The zero-order chi connectivity index (χ0) is 14.4. The summed E-state index contributed by atoms with van der Waals surface area (Å²) >= 11 is 16.8. The van der Waals surface area contributed by atoms with Gasteiger partial charge in [0.2, 0.25) is 9.67 Å². The summed E-state index contributed by atoms with van der Waals surface area (Å²) in [6.07, 6.45) is 0. The molecule has 0 spiro atoms. The summed E-state index contributed by atoms with van der Waals surface area (Å²) in [6.45, 7) is 0.253. The van der Waals surface area contributed by atoms with Crippen molar-refractivity contribution in [1.29, 1.82) is 0 Å². The molecule has 1 aromatic heterocycles. The average molecular weight is 333 g/mol. The molecule has 0 saturated heterocycles. The Morgan fingerprint density at radius 1 is 0.950 bits per heavy atom. The van der Waals surface area contributed by atoms with Crippen LogP contribution in [0.25, 0.3) is 0 Å². The summed E-state index contributed by atoms with van der Waals surface area (Å²) in [7, 11) is 0. The molecule has 1 heterocycles. The minimum absolute atomic E-state index is 0.00309. The summed E-state index contributed by atoms with van der Waals surface area (Å²) < 4.78 is 9.48. The molecule has 0 unspecified atom stereocenters. The summed E-state index contributed by atoms with van der Waals surface area (Å²) in [4.78, 5) is 4.31. The number of alkyl halides is 3. The van der Waals surface area contributed by atoms with Crippen LogP contribution in [0.15, 0.2) is 48.5 Å². The van der Waals surface area contributed by atoms with Gasteiger partial charge in [0.05, 0.1) is 18.9 Å². The van der Waals surface area contributed by atoms with Crippen molar-refractivity contribution >= 4 is 34.8 Å². The third kappa shape index (κ3) is 5.55. The number of pyridine rings is 1. The van der Waals surface area contributed by atoms with Crippen LogP contribution in [-0.2, 0) is 11.3 Å². The third-order valence-electron chi connectivity index (χ3n) is 2.26. The molecular weight excluding hydrogens is 321 g/mol. The highest BCUT2D eigenvalue weighted by atomic mass is 35.6. The Kier molecular flexibility index (Phi) is 5.49. The Morgan fingerprint density at radius 3 is 2.40 bits per heavy atom. The van der Waals surface area contributed by atoms with Gasteiger partial charge in [-0.05, 0) is 18.2 Å². The van der Waals surface area contributed by atoms with E-state index in [4.69, 9.17) is 44.3 Å². The molecule has 0 bridgehead atoms. The van der Waals surface area contributed by atoms with Crippen LogP contribution in [0.5, 0.6) is 11.6 Å². The van der Waals surface area contributed by atoms with Crippen LogP contribution >= 0.6 is 34.8 Å². The van der Waals surface area contributed by atoms with Crippen LogP contribution in [-0.4, -0.2) is 15.4 Å². The van der Waals surface area contributed by atoms with Crippen molar-refractivity contribution < 1.29 is 9.47 Å². The van der Waals surface area contributed by atoms with E-state index in [9.17, 15) is 0 Å². The lowest BCUT2D eigenvalue weighted by Gasteiger charge is -2.11. The van der Waals surface area contributed by atoms with Gasteiger partial charge in [-0.2, -0.15) is 0 Å². The number of hydrogen-bond donors (Lipinski definition) is 0. The summed E-state index contributed by atoms with van der Waals surface area (Å²) in [5.41, 5.74) is 0.702. The first-order valence-corrected chi connectivity index (χ1v) is 7.00. The van der Waals surface area contributed by atoms with Crippen LogP contribution in [0.2, 0.25) is 0 Å². The van der Waals surface area contributed by atoms with Gasteiger partial charge < -0.3 is 9.47 Å². The van der Waals surface area contributed by atoms with Gasteiger partial charge in [0, 0.05) is 6.07 Å².